The van der Waals surface area contributed by atoms with Gasteiger partial charge in [0.25, 0.3) is 0 Å². The summed E-state index contributed by atoms with van der Waals surface area (Å²) in [7, 11) is 1.78. The second kappa shape index (κ2) is 5.84. The lowest BCUT2D eigenvalue weighted by Gasteiger charge is -2.27. The molecule has 2 rings (SSSR count). The van der Waals surface area contributed by atoms with E-state index in [1.54, 1.807) is 11.9 Å². The summed E-state index contributed by atoms with van der Waals surface area (Å²) in [5.41, 5.74) is 2.29. The van der Waals surface area contributed by atoms with Crippen molar-refractivity contribution in [2.75, 3.05) is 20.1 Å². The van der Waals surface area contributed by atoms with E-state index in [4.69, 9.17) is 0 Å². The maximum absolute atomic E-state index is 12.2. The van der Waals surface area contributed by atoms with Crippen LogP contribution < -0.4 is 10.6 Å². The van der Waals surface area contributed by atoms with Crippen LogP contribution in [0.25, 0.3) is 0 Å². The number of amides is 2. The summed E-state index contributed by atoms with van der Waals surface area (Å²) in [6.07, 6.45) is 0. The highest BCUT2D eigenvalue weighted by Crippen LogP contribution is 2.07. The van der Waals surface area contributed by atoms with Crippen molar-refractivity contribution in [3.63, 3.8) is 0 Å². The lowest BCUT2D eigenvalue weighted by atomic mass is 10.1. The Bertz CT molecular complexity index is 477. The molecule has 0 aliphatic carbocycles. The Morgan fingerprint density at radius 3 is 2.89 bits per heavy atom. The molecule has 102 valence electrons. The van der Waals surface area contributed by atoms with Crippen molar-refractivity contribution in [3.8, 4) is 0 Å². The van der Waals surface area contributed by atoms with Crippen molar-refractivity contribution in [1.29, 1.82) is 0 Å². The second-order valence-corrected chi connectivity index (χ2v) is 4.92. The van der Waals surface area contributed by atoms with E-state index in [9.17, 15) is 9.59 Å². The van der Waals surface area contributed by atoms with Gasteiger partial charge in [-0.3, -0.25) is 14.9 Å². The number of rotatable bonds is 3. The van der Waals surface area contributed by atoms with Gasteiger partial charge in [-0.1, -0.05) is 29.8 Å². The molecule has 0 radical (unpaired) electrons. The average Bonchev–Trinajstić information content (AvgIpc) is 2.39. The van der Waals surface area contributed by atoms with E-state index in [1.807, 2.05) is 25.1 Å². The minimum atomic E-state index is -0.326. The summed E-state index contributed by atoms with van der Waals surface area (Å²) in [5, 5.41) is 5.64. The van der Waals surface area contributed by atoms with E-state index < -0.39 is 0 Å². The van der Waals surface area contributed by atoms with Gasteiger partial charge in [0.15, 0.2) is 0 Å². The Kier molecular flexibility index (Phi) is 4.16. The van der Waals surface area contributed by atoms with E-state index in [-0.39, 0.29) is 24.4 Å². The predicted molar refractivity (Wildman–Crippen MR) is 72.5 cm³/mol. The van der Waals surface area contributed by atoms with Crippen LogP contribution in [0.2, 0.25) is 0 Å². The normalized spacial score (nSPS) is 18.8. The van der Waals surface area contributed by atoms with Gasteiger partial charge in [0.05, 0.1) is 6.54 Å². The van der Waals surface area contributed by atoms with Gasteiger partial charge >= 0.3 is 0 Å². The van der Waals surface area contributed by atoms with Gasteiger partial charge in [-0.05, 0) is 12.5 Å². The largest absolute Gasteiger partial charge is 0.353 e. The zero-order valence-electron chi connectivity index (χ0n) is 11.3. The SMILES string of the molecule is Cc1cccc(CN(C)C(=O)C2CNC(=O)CN2)c1. The molecule has 1 fully saturated rings. The average molecular weight is 261 g/mol. The monoisotopic (exact) mass is 261 g/mol. The fourth-order valence-corrected chi connectivity index (χ4v) is 2.17. The van der Waals surface area contributed by atoms with Crippen molar-refractivity contribution < 1.29 is 9.59 Å². The molecule has 0 spiro atoms. The zero-order valence-corrected chi connectivity index (χ0v) is 11.3. The molecular weight excluding hydrogens is 242 g/mol. The number of nitrogens with one attached hydrogen (secondary N) is 2. The maximum Gasteiger partial charge on any atom is 0.241 e. The Morgan fingerprint density at radius 1 is 1.47 bits per heavy atom. The number of hydrogen-bond acceptors (Lipinski definition) is 3. The molecule has 5 heteroatoms. The first-order valence-corrected chi connectivity index (χ1v) is 6.37. The molecule has 1 unspecified atom stereocenters. The molecule has 1 aromatic rings. The van der Waals surface area contributed by atoms with Crippen molar-refractivity contribution in [2.45, 2.75) is 19.5 Å². The molecule has 1 saturated heterocycles. The third-order valence-electron chi connectivity index (χ3n) is 3.19. The van der Waals surface area contributed by atoms with Gasteiger partial charge in [-0.2, -0.15) is 0 Å². The number of likely N-dealkylation sites (N-methyl/N-ethyl adjacent to an activating group) is 1. The van der Waals surface area contributed by atoms with Gasteiger partial charge in [-0.15, -0.1) is 0 Å². The molecule has 1 heterocycles. The summed E-state index contributed by atoms with van der Waals surface area (Å²) < 4.78 is 0. The molecule has 2 N–H and O–H groups in total. The van der Waals surface area contributed by atoms with E-state index >= 15 is 0 Å². The van der Waals surface area contributed by atoms with E-state index in [0.717, 1.165) is 5.56 Å². The molecule has 5 nitrogen and oxygen atoms in total. The smallest absolute Gasteiger partial charge is 0.241 e. The molecular formula is C14H19N3O2. The molecule has 1 aromatic carbocycles. The van der Waals surface area contributed by atoms with Crippen LogP contribution in [0.4, 0.5) is 0 Å². The van der Waals surface area contributed by atoms with Crippen LogP contribution in [0.5, 0.6) is 0 Å². The van der Waals surface area contributed by atoms with Crippen LogP contribution in [0.15, 0.2) is 24.3 Å². The lowest BCUT2D eigenvalue weighted by molar-refractivity contribution is -0.134. The van der Waals surface area contributed by atoms with Gasteiger partial charge in [0.1, 0.15) is 6.04 Å². The lowest BCUT2D eigenvalue weighted by Crippen LogP contribution is -2.58. The molecule has 1 aliphatic heterocycles. The molecule has 0 aromatic heterocycles. The molecule has 0 saturated carbocycles. The number of hydrogen-bond donors (Lipinski definition) is 2. The third-order valence-corrected chi connectivity index (χ3v) is 3.19. The highest BCUT2D eigenvalue weighted by molar-refractivity contribution is 5.86. The molecule has 0 bridgehead atoms. The summed E-state index contributed by atoms with van der Waals surface area (Å²) in [4.78, 5) is 24.9. The minimum Gasteiger partial charge on any atom is -0.353 e. The van der Waals surface area contributed by atoms with Gasteiger partial charge < -0.3 is 10.2 Å². The van der Waals surface area contributed by atoms with E-state index in [2.05, 4.69) is 16.7 Å². The molecule has 19 heavy (non-hydrogen) atoms. The summed E-state index contributed by atoms with van der Waals surface area (Å²) in [6.45, 7) is 3.17. The van der Waals surface area contributed by atoms with Gasteiger partial charge in [0, 0.05) is 20.1 Å². The van der Waals surface area contributed by atoms with E-state index in [0.29, 0.717) is 13.1 Å². The fourth-order valence-electron chi connectivity index (χ4n) is 2.17. The van der Waals surface area contributed by atoms with Crippen LogP contribution >= 0.6 is 0 Å². The number of benzene rings is 1. The summed E-state index contributed by atoms with van der Waals surface area (Å²) in [5.74, 6) is -0.0631. The van der Waals surface area contributed by atoms with Crippen molar-refractivity contribution in [3.05, 3.63) is 35.4 Å². The number of carbonyl (C=O) groups is 2. The van der Waals surface area contributed by atoms with E-state index in [1.165, 1.54) is 5.56 Å². The van der Waals surface area contributed by atoms with Crippen LogP contribution in [-0.2, 0) is 16.1 Å². The fraction of sp³-hybridized carbons (Fsp3) is 0.429. The minimum absolute atomic E-state index is 0.00139. The van der Waals surface area contributed by atoms with Gasteiger partial charge in [-0.25, -0.2) is 0 Å². The Labute approximate surface area is 113 Å². The van der Waals surface area contributed by atoms with Crippen molar-refractivity contribution in [2.24, 2.45) is 0 Å². The second-order valence-electron chi connectivity index (χ2n) is 4.92. The third kappa shape index (κ3) is 3.54. The van der Waals surface area contributed by atoms with Crippen molar-refractivity contribution in [1.82, 2.24) is 15.5 Å². The van der Waals surface area contributed by atoms with Crippen LogP contribution in [0.1, 0.15) is 11.1 Å². The molecule has 2 amide bonds. The number of aryl methyl sites for hydroxylation is 1. The summed E-state index contributed by atoms with van der Waals surface area (Å²) >= 11 is 0. The molecule has 1 aliphatic rings. The highest BCUT2D eigenvalue weighted by atomic mass is 16.2. The van der Waals surface area contributed by atoms with Crippen LogP contribution in [0, 0.1) is 6.92 Å². The van der Waals surface area contributed by atoms with Crippen LogP contribution in [0.3, 0.4) is 0 Å². The maximum atomic E-state index is 12.2. The first-order valence-electron chi connectivity index (χ1n) is 6.37. The zero-order chi connectivity index (χ0) is 13.8. The van der Waals surface area contributed by atoms with Crippen LogP contribution in [-0.4, -0.2) is 42.9 Å². The Hall–Kier alpha value is -1.88. The van der Waals surface area contributed by atoms with Crippen molar-refractivity contribution >= 4 is 11.8 Å². The Morgan fingerprint density at radius 2 is 2.26 bits per heavy atom. The topological polar surface area (TPSA) is 61.4 Å². The molecule has 1 atom stereocenters. The van der Waals surface area contributed by atoms with Gasteiger partial charge in [0.2, 0.25) is 11.8 Å². The highest BCUT2D eigenvalue weighted by Gasteiger charge is 2.26. The number of piperazine rings is 1. The summed E-state index contributed by atoms with van der Waals surface area (Å²) in [6, 6.07) is 7.77. The standard InChI is InChI=1S/C14H19N3O2/c1-10-4-3-5-11(6-10)9-17(2)14(19)12-7-16-13(18)8-15-12/h3-6,12,15H,7-9H2,1-2H3,(H,16,18). The first-order chi connectivity index (χ1) is 9.06. The first kappa shape index (κ1) is 13.5. The quantitative estimate of drug-likeness (QED) is 0.807. The number of nitrogens with zero attached hydrogens (tertiary/aromatic N) is 1. The number of carbonyl (C=O) groups excluding carboxylic acids is 2. The predicted octanol–water partition coefficient (Wildman–Crippen LogP) is 0.0414. The Balaban J connectivity index is 1.94.